The topological polar surface area (TPSA) is 60.9 Å². The molecule has 2 fully saturated rings. The van der Waals surface area contributed by atoms with Crippen molar-refractivity contribution in [1.29, 1.82) is 0 Å². The number of amides is 2. The van der Waals surface area contributed by atoms with Crippen LogP contribution >= 0.6 is 11.8 Å². The Labute approximate surface area is 118 Å². The number of alkyl halides is 3. The van der Waals surface area contributed by atoms with Crippen molar-refractivity contribution in [2.24, 2.45) is 5.92 Å². The first kappa shape index (κ1) is 15.3. The molecule has 2 atom stereocenters. The van der Waals surface area contributed by atoms with Gasteiger partial charge in [0.25, 0.3) is 0 Å². The number of carbonyl (C=O) groups is 2. The predicted octanol–water partition coefficient (Wildman–Crippen LogP) is 1.84. The molecule has 2 unspecified atom stereocenters. The first-order valence-electron chi connectivity index (χ1n) is 6.23. The van der Waals surface area contributed by atoms with Crippen LogP contribution < -0.4 is 0 Å². The third-order valence-electron chi connectivity index (χ3n) is 3.57. The number of urea groups is 1. The number of nitrogens with zero attached hydrogens (tertiary/aromatic N) is 2. The number of carboxylic acid groups (broad SMARTS) is 1. The minimum atomic E-state index is -4.31. The molecular weight excluding hydrogens is 297 g/mol. The van der Waals surface area contributed by atoms with E-state index in [1.54, 1.807) is 0 Å². The summed E-state index contributed by atoms with van der Waals surface area (Å²) in [5.41, 5.74) is 0. The summed E-state index contributed by atoms with van der Waals surface area (Å²) in [6.45, 7) is -0.130. The van der Waals surface area contributed by atoms with E-state index in [-0.39, 0.29) is 37.6 Å². The third kappa shape index (κ3) is 3.13. The minimum absolute atomic E-state index is 0.0182. The van der Waals surface area contributed by atoms with Crippen molar-refractivity contribution >= 4 is 23.8 Å². The second-order valence-electron chi connectivity index (χ2n) is 4.93. The van der Waals surface area contributed by atoms with Gasteiger partial charge in [-0.15, -0.1) is 11.8 Å². The quantitative estimate of drug-likeness (QED) is 0.802. The lowest BCUT2D eigenvalue weighted by Crippen LogP contribution is -2.52. The second kappa shape index (κ2) is 5.71. The Morgan fingerprint density at radius 3 is 2.60 bits per heavy atom. The van der Waals surface area contributed by atoms with Crippen LogP contribution in [0, 0.1) is 5.92 Å². The summed E-state index contributed by atoms with van der Waals surface area (Å²) in [5, 5.41) is 9.01. The highest BCUT2D eigenvalue weighted by Gasteiger charge is 2.44. The zero-order valence-corrected chi connectivity index (χ0v) is 11.4. The Kier molecular flexibility index (Phi) is 4.36. The van der Waals surface area contributed by atoms with Crippen LogP contribution in [-0.2, 0) is 4.79 Å². The molecule has 2 saturated heterocycles. The Hall–Kier alpha value is -1.12. The Morgan fingerprint density at radius 1 is 1.30 bits per heavy atom. The maximum absolute atomic E-state index is 12.7. The Balaban J connectivity index is 2.03. The average Bonchev–Trinajstić information content (AvgIpc) is 2.86. The van der Waals surface area contributed by atoms with E-state index >= 15 is 0 Å². The number of hydrogen-bond acceptors (Lipinski definition) is 3. The van der Waals surface area contributed by atoms with Gasteiger partial charge in [0.1, 0.15) is 6.04 Å². The number of aliphatic carboxylic acids is 1. The first-order valence-corrected chi connectivity index (χ1v) is 7.39. The number of carbonyl (C=O) groups excluding carboxylic acids is 1. The normalized spacial score (nSPS) is 27.8. The molecule has 2 rings (SSSR count). The van der Waals surface area contributed by atoms with Crippen molar-refractivity contribution < 1.29 is 27.9 Å². The highest BCUT2D eigenvalue weighted by atomic mass is 32.2. The van der Waals surface area contributed by atoms with Crippen LogP contribution in [0.2, 0.25) is 0 Å². The molecule has 2 aliphatic rings. The fourth-order valence-corrected chi connectivity index (χ4v) is 3.57. The summed E-state index contributed by atoms with van der Waals surface area (Å²) in [6, 6.07) is -1.55. The SMILES string of the molecule is O=C(O)C1CSCN1C(=O)N1CCCC(C(F)(F)F)C1. The average molecular weight is 312 g/mol. The van der Waals surface area contributed by atoms with Crippen LogP contribution in [0.15, 0.2) is 0 Å². The molecule has 5 nitrogen and oxygen atoms in total. The van der Waals surface area contributed by atoms with Gasteiger partial charge in [0.15, 0.2) is 0 Å². The zero-order chi connectivity index (χ0) is 14.9. The molecule has 20 heavy (non-hydrogen) atoms. The molecule has 0 aromatic carbocycles. The predicted molar refractivity (Wildman–Crippen MR) is 66.3 cm³/mol. The first-order chi connectivity index (χ1) is 9.30. The number of carboxylic acids is 1. The molecule has 0 aromatic heterocycles. The number of rotatable bonds is 1. The molecule has 1 N–H and O–H groups in total. The highest BCUT2D eigenvalue weighted by molar-refractivity contribution is 7.99. The lowest BCUT2D eigenvalue weighted by Gasteiger charge is -2.36. The van der Waals surface area contributed by atoms with Gasteiger partial charge in [-0.3, -0.25) is 0 Å². The molecule has 0 spiro atoms. The smallest absolute Gasteiger partial charge is 0.393 e. The lowest BCUT2D eigenvalue weighted by atomic mass is 9.98. The van der Waals surface area contributed by atoms with Gasteiger partial charge in [-0.05, 0) is 12.8 Å². The molecule has 0 radical (unpaired) electrons. The number of halogens is 3. The summed E-state index contributed by atoms with van der Waals surface area (Å²) in [7, 11) is 0. The van der Waals surface area contributed by atoms with Gasteiger partial charge in [-0.25, -0.2) is 9.59 Å². The zero-order valence-electron chi connectivity index (χ0n) is 10.6. The van der Waals surface area contributed by atoms with E-state index in [0.29, 0.717) is 0 Å². The molecule has 0 saturated carbocycles. The largest absolute Gasteiger partial charge is 0.480 e. The maximum Gasteiger partial charge on any atom is 0.393 e. The number of piperidine rings is 1. The molecule has 114 valence electrons. The Morgan fingerprint density at radius 2 is 2.00 bits per heavy atom. The van der Waals surface area contributed by atoms with Crippen LogP contribution in [0.5, 0.6) is 0 Å². The molecule has 2 amide bonds. The van der Waals surface area contributed by atoms with Gasteiger partial charge in [0, 0.05) is 18.8 Å². The van der Waals surface area contributed by atoms with E-state index in [9.17, 15) is 22.8 Å². The minimum Gasteiger partial charge on any atom is -0.480 e. The summed E-state index contributed by atoms with van der Waals surface area (Å²) in [6.07, 6.45) is -4.01. The van der Waals surface area contributed by atoms with E-state index in [1.807, 2.05) is 0 Å². The van der Waals surface area contributed by atoms with Crippen LogP contribution in [0.3, 0.4) is 0 Å². The standard InChI is InChI=1S/C11H15F3N2O3S/c12-11(13,14)7-2-1-3-15(4-7)10(19)16-6-20-5-8(16)9(17)18/h7-8H,1-6H2,(H,17,18). The lowest BCUT2D eigenvalue weighted by molar-refractivity contribution is -0.184. The van der Waals surface area contributed by atoms with E-state index in [0.717, 1.165) is 9.80 Å². The summed E-state index contributed by atoms with van der Waals surface area (Å²) >= 11 is 1.29. The van der Waals surface area contributed by atoms with E-state index in [2.05, 4.69) is 0 Å². The highest BCUT2D eigenvalue weighted by Crippen LogP contribution is 2.34. The summed E-state index contributed by atoms with van der Waals surface area (Å²) < 4.78 is 38.1. The van der Waals surface area contributed by atoms with Crippen molar-refractivity contribution in [1.82, 2.24) is 9.80 Å². The van der Waals surface area contributed by atoms with Crippen molar-refractivity contribution in [3.05, 3.63) is 0 Å². The van der Waals surface area contributed by atoms with Crippen molar-refractivity contribution in [2.45, 2.75) is 25.1 Å². The Bertz CT molecular complexity index is 405. The van der Waals surface area contributed by atoms with Gasteiger partial charge in [-0.1, -0.05) is 0 Å². The van der Waals surface area contributed by atoms with Crippen molar-refractivity contribution in [2.75, 3.05) is 24.7 Å². The molecule has 0 bridgehead atoms. The maximum atomic E-state index is 12.7. The third-order valence-corrected chi connectivity index (χ3v) is 4.58. The fourth-order valence-electron chi connectivity index (χ4n) is 2.44. The van der Waals surface area contributed by atoms with Gasteiger partial charge in [0.2, 0.25) is 0 Å². The molecule has 2 heterocycles. The van der Waals surface area contributed by atoms with Crippen LogP contribution in [0.1, 0.15) is 12.8 Å². The molecule has 0 aromatic rings. The van der Waals surface area contributed by atoms with E-state index in [1.165, 1.54) is 11.8 Å². The van der Waals surface area contributed by atoms with Crippen molar-refractivity contribution in [3.8, 4) is 0 Å². The fraction of sp³-hybridized carbons (Fsp3) is 0.818. The van der Waals surface area contributed by atoms with E-state index < -0.39 is 30.1 Å². The van der Waals surface area contributed by atoms with Gasteiger partial charge in [0.05, 0.1) is 11.8 Å². The molecule has 0 aliphatic carbocycles. The molecule has 9 heteroatoms. The second-order valence-corrected chi connectivity index (χ2v) is 5.93. The van der Waals surface area contributed by atoms with Crippen molar-refractivity contribution in [3.63, 3.8) is 0 Å². The van der Waals surface area contributed by atoms with Gasteiger partial charge < -0.3 is 14.9 Å². The number of thioether (sulfide) groups is 1. The summed E-state index contributed by atoms with van der Waals surface area (Å²) in [5.74, 6) is -2.15. The van der Waals surface area contributed by atoms with Crippen LogP contribution in [0.25, 0.3) is 0 Å². The molecule has 2 aliphatic heterocycles. The van der Waals surface area contributed by atoms with E-state index in [4.69, 9.17) is 5.11 Å². The summed E-state index contributed by atoms with van der Waals surface area (Å²) in [4.78, 5) is 25.5. The number of likely N-dealkylation sites (tertiary alicyclic amines) is 1. The monoisotopic (exact) mass is 312 g/mol. The number of hydrogen-bond donors (Lipinski definition) is 1. The van der Waals surface area contributed by atoms with Gasteiger partial charge >= 0.3 is 18.2 Å². The van der Waals surface area contributed by atoms with Crippen LogP contribution in [-0.4, -0.2) is 63.8 Å². The molecular formula is C11H15F3N2O3S. The van der Waals surface area contributed by atoms with Gasteiger partial charge in [-0.2, -0.15) is 13.2 Å². The van der Waals surface area contributed by atoms with Crippen LogP contribution in [0.4, 0.5) is 18.0 Å².